The number of rotatable bonds is 47. The van der Waals surface area contributed by atoms with Crippen molar-refractivity contribution in [2.24, 2.45) is 0 Å². The number of methoxy groups -OCH3 is 1. The molecule has 464 valence electrons. The van der Waals surface area contributed by atoms with Crippen LogP contribution in [-0.2, 0) is 42.2 Å². The van der Waals surface area contributed by atoms with Gasteiger partial charge in [-0.05, 0) is 19.3 Å². The van der Waals surface area contributed by atoms with Gasteiger partial charge in [-0.25, -0.2) is 9.36 Å². The quantitative estimate of drug-likeness (QED) is 0.0210. The summed E-state index contributed by atoms with van der Waals surface area (Å²) in [5.41, 5.74) is 0. The SMILES string of the molecule is CCCCCCCCC/C=C/[C@@H](O)[C@H](COP(=O)(O)O[C@@H]1[C@H](O)[C@H](O[C@]2(C(=O)O)C[C@H](O)[C@@H](NC(=O)CO)[C@H]([C@H](O)[C@H](O)COC)O2)[C@@H](O)[C@H](O)[C@H]1O)NC(=O)CCCCCCCCCCCCCCCCCCCCCCC. The largest absolute Gasteiger partial charge is 0.477 e. The Labute approximate surface area is 470 Å². The van der Waals surface area contributed by atoms with E-state index in [1.807, 2.05) is 0 Å². The first-order chi connectivity index (χ1) is 37.8. The molecule has 2 fully saturated rings. The molecule has 1 unspecified atom stereocenters. The third-order valence-corrected chi connectivity index (χ3v) is 16.0. The molecule has 1 aliphatic heterocycles. The highest BCUT2D eigenvalue weighted by molar-refractivity contribution is 7.47. The fourth-order valence-corrected chi connectivity index (χ4v) is 11.2. The monoisotopic (exact) mass is 1160 g/mol. The molecule has 0 spiro atoms. The summed E-state index contributed by atoms with van der Waals surface area (Å²) >= 11 is 0. The molecular weight excluding hydrogens is 1050 g/mol. The summed E-state index contributed by atoms with van der Waals surface area (Å²) in [5, 5.41) is 113. The van der Waals surface area contributed by atoms with Crippen LogP contribution >= 0.6 is 7.82 Å². The Morgan fingerprint density at radius 3 is 1.59 bits per heavy atom. The number of carboxylic acids is 1. The van der Waals surface area contributed by atoms with Crippen LogP contribution in [0.1, 0.15) is 213 Å². The lowest BCUT2D eigenvalue weighted by Gasteiger charge is -2.50. The van der Waals surface area contributed by atoms with E-state index in [1.165, 1.54) is 115 Å². The topological polar surface area (TPSA) is 361 Å². The van der Waals surface area contributed by atoms with Gasteiger partial charge in [0, 0.05) is 20.0 Å². The average molecular weight is 1160 g/mol. The van der Waals surface area contributed by atoms with Crippen LogP contribution in [0.5, 0.6) is 0 Å². The van der Waals surface area contributed by atoms with Crippen LogP contribution in [0, 0.1) is 0 Å². The molecule has 2 amide bonds. The van der Waals surface area contributed by atoms with Crippen LogP contribution < -0.4 is 10.6 Å². The van der Waals surface area contributed by atoms with Crippen molar-refractivity contribution in [2.75, 3.05) is 26.9 Å². The Balaban J connectivity index is 2.04. The van der Waals surface area contributed by atoms with Crippen molar-refractivity contribution in [2.45, 2.75) is 298 Å². The number of aliphatic hydroxyl groups is 9. The average Bonchev–Trinajstić information content (AvgIpc) is 3.51. The van der Waals surface area contributed by atoms with Gasteiger partial charge < -0.3 is 80.8 Å². The molecule has 2 rings (SSSR count). The lowest BCUT2D eigenvalue weighted by molar-refractivity contribution is -0.350. The second-order valence-electron chi connectivity index (χ2n) is 21.9. The molecule has 1 saturated heterocycles. The Bertz CT molecular complexity index is 1700. The first kappa shape index (κ1) is 72.9. The van der Waals surface area contributed by atoms with Crippen molar-refractivity contribution < 1.29 is 98.2 Å². The van der Waals surface area contributed by atoms with Gasteiger partial charge in [0.05, 0.1) is 37.5 Å². The van der Waals surface area contributed by atoms with E-state index in [2.05, 4.69) is 24.5 Å². The number of allylic oxidation sites excluding steroid dienone is 1. The zero-order chi connectivity index (χ0) is 58.6. The molecule has 0 radical (unpaired) electrons. The number of aliphatic hydroxyl groups excluding tert-OH is 9. The van der Waals surface area contributed by atoms with Gasteiger partial charge in [0.15, 0.2) is 0 Å². The summed E-state index contributed by atoms with van der Waals surface area (Å²) in [6.07, 6.45) is 12.0. The molecule has 0 aromatic carbocycles. The fraction of sp³-hybridized carbons (Fsp3) is 0.911. The molecule has 13 N–H and O–H groups in total. The van der Waals surface area contributed by atoms with E-state index >= 15 is 0 Å². The predicted molar refractivity (Wildman–Crippen MR) is 295 cm³/mol. The second-order valence-corrected chi connectivity index (χ2v) is 23.3. The Hall–Kier alpha value is -2.22. The zero-order valence-electron chi connectivity index (χ0n) is 47.7. The number of ether oxygens (including phenoxy) is 3. The molecule has 1 heterocycles. The molecule has 1 saturated carbocycles. The first-order valence-electron chi connectivity index (χ1n) is 29.8. The Morgan fingerprint density at radius 1 is 0.658 bits per heavy atom. The first-order valence-corrected chi connectivity index (χ1v) is 31.3. The molecule has 2 aliphatic rings. The molecule has 0 bridgehead atoms. The molecule has 22 nitrogen and oxygen atoms in total. The van der Waals surface area contributed by atoms with E-state index in [0.29, 0.717) is 12.8 Å². The number of carbonyl (C=O) groups excluding carboxylic acids is 2. The number of carbonyl (C=O) groups is 3. The molecule has 0 aromatic heterocycles. The van der Waals surface area contributed by atoms with Gasteiger partial charge >= 0.3 is 13.8 Å². The van der Waals surface area contributed by atoms with Crippen molar-refractivity contribution in [3.8, 4) is 0 Å². The van der Waals surface area contributed by atoms with E-state index < -0.39 is 137 Å². The summed E-state index contributed by atoms with van der Waals surface area (Å²) in [4.78, 5) is 49.3. The Morgan fingerprint density at radius 2 is 1.13 bits per heavy atom. The van der Waals surface area contributed by atoms with Crippen molar-refractivity contribution in [1.82, 2.24) is 10.6 Å². The summed E-state index contributed by atoms with van der Waals surface area (Å²) < 4.78 is 40.0. The number of hydrogen-bond donors (Lipinski definition) is 13. The lowest BCUT2D eigenvalue weighted by atomic mass is 9.84. The summed E-state index contributed by atoms with van der Waals surface area (Å²) in [7, 11) is -4.33. The van der Waals surface area contributed by atoms with Crippen LogP contribution in [0.25, 0.3) is 0 Å². The van der Waals surface area contributed by atoms with Crippen molar-refractivity contribution in [1.29, 1.82) is 0 Å². The highest BCUT2D eigenvalue weighted by atomic mass is 31.2. The summed E-state index contributed by atoms with van der Waals surface area (Å²) in [6.45, 7) is 1.89. The van der Waals surface area contributed by atoms with Crippen LogP contribution in [-0.4, -0.2) is 186 Å². The van der Waals surface area contributed by atoms with E-state index in [0.717, 1.165) is 71.3 Å². The molecular formula is C56H105N2O20P. The predicted octanol–water partition coefficient (Wildman–Crippen LogP) is 5.25. The number of phosphoric acid groups is 1. The molecule has 1 aliphatic carbocycles. The lowest BCUT2D eigenvalue weighted by Crippen LogP contribution is -2.71. The minimum absolute atomic E-state index is 0.101. The van der Waals surface area contributed by atoms with E-state index in [9.17, 15) is 74.9 Å². The summed E-state index contributed by atoms with van der Waals surface area (Å²) in [5.74, 6) is -6.81. The number of nitrogens with one attached hydrogen (secondary N) is 2. The normalized spacial score (nSPS) is 26.8. The number of phosphoric ester groups is 1. The van der Waals surface area contributed by atoms with Gasteiger partial charge in [0.1, 0.15) is 61.5 Å². The maximum atomic E-state index is 13.6. The van der Waals surface area contributed by atoms with Crippen molar-refractivity contribution >= 4 is 25.6 Å². The number of aliphatic carboxylic acids is 1. The fourth-order valence-electron chi connectivity index (χ4n) is 10.2. The molecule has 0 aromatic rings. The van der Waals surface area contributed by atoms with E-state index in [-0.39, 0.29) is 6.42 Å². The smallest absolute Gasteiger partial charge is 0.472 e. The third kappa shape index (κ3) is 28.3. The standard InChI is InChI=1S/C56H105N2O20P/c1-4-6-8-10-12-14-15-16-17-18-19-20-21-22-23-24-25-27-29-31-33-35-44(63)57-40(41(60)34-32-30-28-26-13-11-9-7-5-2)38-75-79(72,73)78-54-50(68)48(66)49(67)53(51(54)69)77-56(55(70)71)36-42(61)46(58-45(64)37-59)52(76-56)47(65)43(62)39-74-3/h32,34,40-43,46-54,59-62,65-69H,4-31,33,35-39H2,1-3H3,(H,57,63)(H,58,64)(H,70,71)(H,72,73)/b34-32+/t40-,41+,42-,43+,46+,47+,48-,49-,50+,51+,52+,53+,54-,56-/m0/s1. The van der Waals surface area contributed by atoms with Gasteiger partial charge in [-0.3, -0.25) is 18.6 Å². The number of amides is 2. The van der Waals surface area contributed by atoms with Gasteiger partial charge in [0.2, 0.25) is 11.8 Å². The van der Waals surface area contributed by atoms with Crippen LogP contribution in [0.4, 0.5) is 0 Å². The summed E-state index contributed by atoms with van der Waals surface area (Å²) in [6, 6.07) is -3.01. The van der Waals surface area contributed by atoms with Crippen molar-refractivity contribution in [3.63, 3.8) is 0 Å². The number of unbranched alkanes of at least 4 members (excludes halogenated alkanes) is 27. The third-order valence-electron chi connectivity index (χ3n) is 15.1. The van der Waals surface area contributed by atoms with Crippen molar-refractivity contribution in [3.05, 3.63) is 12.2 Å². The van der Waals surface area contributed by atoms with Gasteiger partial charge in [-0.2, -0.15) is 0 Å². The van der Waals surface area contributed by atoms with Crippen LogP contribution in [0.2, 0.25) is 0 Å². The number of hydrogen-bond acceptors (Lipinski definition) is 18. The zero-order valence-corrected chi connectivity index (χ0v) is 48.6. The van der Waals surface area contributed by atoms with Gasteiger partial charge in [-0.15, -0.1) is 0 Å². The highest BCUT2D eigenvalue weighted by Crippen LogP contribution is 2.48. The van der Waals surface area contributed by atoms with Crippen LogP contribution in [0.15, 0.2) is 12.2 Å². The van der Waals surface area contributed by atoms with Gasteiger partial charge in [-0.1, -0.05) is 193 Å². The minimum Gasteiger partial charge on any atom is -0.477 e. The molecule has 23 heteroatoms. The van der Waals surface area contributed by atoms with Gasteiger partial charge in [0.25, 0.3) is 5.79 Å². The Kier molecular flexibility index (Phi) is 38.5. The van der Waals surface area contributed by atoms with E-state index in [4.69, 9.17) is 23.3 Å². The maximum absolute atomic E-state index is 13.6. The van der Waals surface area contributed by atoms with Crippen LogP contribution in [0.3, 0.4) is 0 Å². The highest BCUT2D eigenvalue weighted by Gasteiger charge is 2.61. The molecule has 15 atom stereocenters. The number of carboxylic acid groups (broad SMARTS) is 1. The minimum atomic E-state index is -5.49. The maximum Gasteiger partial charge on any atom is 0.472 e. The molecule has 79 heavy (non-hydrogen) atoms. The van der Waals surface area contributed by atoms with E-state index in [1.54, 1.807) is 6.08 Å². The second kappa shape index (κ2) is 41.7.